The van der Waals surface area contributed by atoms with Crippen molar-refractivity contribution < 1.29 is 17.9 Å². The lowest BCUT2D eigenvalue weighted by molar-refractivity contribution is -0.137. The van der Waals surface area contributed by atoms with Crippen LogP contribution in [0.1, 0.15) is 6.92 Å². The first kappa shape index (κ1) is 12.4. The van der Waals surface area contributed by atoms with E-state index in [0.717, 1.165) is 11.5 Å². The molecule has 6 heteroatoms. The summed E-state index contributed by atoms with van der Waals surface area (Å²) in [5.74, 6) is -0.693. The van der Waals surface area contributed by atoms with E-state index in [4.69, 9.17) is 0 Å². The SMILES string of the molecule is CCOC(=O)C=CS(=O)(=O)c1ccccn1. The van der Waals surface area contributed by atoms with Crippen molar-refractivity contribution in [3.8, 4) is 0 Å². The molecule has 0 aliphatic carbocycles. The van der Waals surface area contributed by atoms with E-state index >= 15 is 0 Å². The predicted molar refractivity (Wildman–Crippen MR) is 57.2 cm³/mol. The Bertz CT molecular complexity index is 479. The summed E-state index contributed by atoms with van der Waals surface area (Å²) < 4.78 is 27.7. The quantitative estimate of drug-likeness (QED) is 0.579. The Morgan fingerprint density at radius 3 is 2.81 bits per heavy atom. The molecule has 0 amide bonds. The minimum absolute atomic E-state index is 0.101. The van der Waals surface area contributed by atoms with Gasteiger partial charge < -0.3 is 4.74 Å². The summed E-state index contributed by atoms with van der Waals surface area (Å²) >= 11 is 0. The van der Waals surface area contributed by atoms with Gasteiger partial charge in [-0.25, -0.2) is 18.2 Å². The van der Waals surface area contributed by atoms with Gasteiger partial charge in [-0.3, -0.25) is 0 Å². The molecule has 0 unspecified atom stereocenters. The lowest BCUT2D eigenvalue weighted by Gasteiger charge is -1.97. The van der Waals surface area contributed by atoms with Crippen LogP contribution in [0.25, 0.3) is 0 Å². The summed E-state index contributed by atoms with van der Waals surface area (Å²) in [6.07, 6.45) is 2.23. The molecule has 86 valence electrons. The molecule has 0 saturated heterocycles. The van der Waals surface area contributed by atoms with Gasteiger partial charge in [0.15, 0.2) is 5.03 Å². The lowest BCUT2D eigenvalue weighted by Crippen LogP contribution is -2.03. The minimum atomic E-state index is -3.67. The molecule has 0 aliphatic heterocycles. The number of carbonyl (C=O) groups is 1. The summed E-state index contributed by atoms with van der Waals surface area (Å²) in [5.41, 5.74) is 0. The standard InChI is InChI=1S/C10H11NO4S/c1-2-15-10(12)6-8-16(13,14)9-5-3-4-7-11-9/h3-8H,2H2,1H3. The monoisotopic (exact) mass is 241 g/mol. The number of sulfone groups is 1. The van der Waals surface area contributed by atoms with Crippen molar-refractivity contribution in [2.45, 2.75) is 11.9 Å². The number of hydrogen-bond acceptors (Lipinski definition) is 5. The number of hydrogen-bond donors (Lipinski definition) is 0. The van der Waals surface area contributed by atoms with Crippen molar-refractivity contribution in [3.63, 3.8) is 0 Å². The maximum Gasteiger partial charge on any atom is 0.331 e. The molecule has 16 heavy (non-hydrogen) atoms. The van der Waals surface area contributed by atoms with Crippen LogP contribution in [0.4, 0.5) is 0 Å². The highest BCUT2D eigenvalue weighted by atomic mass is 32.2. The van der Waals surface area contributed by atoms with Crippen LogP contribution in [0.3, 0.4) is 0 Å². The zero-order valence-corrected chi connectivity index (χ0v) is 9.48. The van der Waals surface area contributed by atoms with E-state index in [1.165, 1.54) is 12.3 Å². The summed E-state index contributed by atoms with van der Waals surface area (Å²) in [7, 11) is -3.67. The first-order valence-corrected chi connectivity index (χ1v) is 6.12. The molecule has 1 heterocycles. The summed E-state index contributed by atoms with van der Waals surface area (Å²) in [6.45, 7) is 1.84. The number of carbonyl (C=O) groups excluding carboxylic acids is 1. The number of esters is 1. The van der Waals surface area contributed by atoms with Crippen LogP contribution < -0.4 is 0 Å². The Labute approximate surface area is 93.7 Å². The van der Waals surface area contributed by atoms with Crippen molar-refractivity contribution in [2.75, 3.05) is 6.61 Å². The number of aromatic nitrogens is 1. The molecule has 5 nitrogen and oxygen atoms in total. The highest BCUT2D eigenvalue weighted by molar-refractivity contribution is 7.94. The maximum atomic E-state index is 11.6. The molecular weight excluding hydrogens is 230 g/mol. The van der Waals surface area contributed by atoms with Gasteiger partial charge in [0, 0.05) is 17.7 Å². The molecule has 0 aromatic carbocycles. The lowest BCUT2D eigenvalue weighted by atomic mass is 10.5. The van der Waals surface area contributed by atoms with Crippen LogP contribution in [-0.4, -0.2) is 26.0 Å². The van der Waals surface area contributed by atoms with Gasteiger partial charge in [-0.05, 0) is 19.1 Å². The molecular formula is C10H11NO4S. The average Bonchev–Trinajstić information content (AvgIpc) is 2.28. The van der Waals surface area contributed by atoms with Gasteiger partial charge in [0.05, 0.1) is 6.61 Å². The van der Waals surface area contributed by atoms with Gasteiger partial charge in [-0.15, -0.1) is 0 Å². The molecule has 0 radical (unpaired) electrons. The van der Waals surface area contributed by atoms with Crippen LogP contribution in [0.5, 0.6) is 0 Å². The normalized spacial score (nSPS) is 11.6. The highest BCUT2D eigenvalue weighted by Crippen LogP contribution is 2.07. The molecule has 1 aromatic rings. The van der Waals surface area contributed by atoms with E-state index in [9.17, 15) is 13.2 Å². The second kappa shape index (κ2) is 5.41. The van der Waals surface area contributed by atoms with Crippen molar-refractivity contribution >= 4 is 15.8 Å². The molecule has 0 saturated carbocycles. The number of nitrogens with zero attached hydrogens (tertiary/aromatic N) is 1. The van der Waals surface area contributed by atoms with Crippen LogP contribution >= 0.6 is 0 Å². The second-order valence-corrected chi connectivity index (χ2v) is 4.55. The maximum absolute atomic E-state index is 11.6. The van der Waals surface area contributed by atoms with Gasteiger partial charge in [0.25, 0.3) is 0 Å². The van der Waals surface area contributed by atoms with Crippen LogP contribution in [0.15, 0.2) is 40.9 Å². The summed E-state index contributed by atoms with van der Waals surface area (Å²) in [4.78, 5) is 14.6. The van der Waals surface area contributed by atoms with Crippen molar-refractivity contribution in [2.24, 2.45) is 0 Å². The minimum Gasteiger partial charge on any atom is -0.463 e. The highest BCUT2D eigenvalue weighted by Gasteiger charge is 2.11. The zero-order chi connectivity index (χ0) is 12.0. The Hall–Kier alpha value is -1.69. The van der Waals surface area contributed by atoms with E-state index in [0.29, 0.717) is 0 Å². The van der Waals surface area contributed by atoms with Gasteiger partial charge in [0.2, 0.25) is 9.84 Å². The van der Waals surface area contributed by atoms with E-state index < -0.39 is 15.8 Å². The molecule has 0 fully saturated rings. The van der Waals surface area contributed by atoms with E-state index in [2.05, 4.69) is 9.72 Å². The molecule has 0 bridgehead atoms. The first-order valence-electron chi connectivity index (χ1n) is 4.57. The molecule has 0 atom stereocenters. The number of pyridine rings is 1. The molecule has 0 N–H and O–H groups in total. The van der Waals surface area contributed by atoms with Gasteiger partial charge >= 0.3 is 5.97 Å². The Balaban J connectivity index is 2.85. The van der Waals surface area contributed by atoms with Gasteiger partial charge in [0.1, 0.15) is 0 Å². The smallest absolute Gasteiger partial charge is 0.331 e. The van der Waals surface area contributed by atoms with E-state index in [1.807, 2.05) is 0 Å². The fraction of sp³-hybridized carbons (Fsp3) is 0.200. The van der Waals surface area contributed by atoms with Crippen LogP contribution in [-0.2, 0) is 19.4 Å². The van der Waals surface area contributed by atoms with Gasteiger partial charge in [-0.2, -0.15) is 0 Å². The third kappa shape index (κ3) is 3.47. The average molecular weight is 241 g/mol. The number of ether oxygens (including phenoxy) is 1. The molecule has 1 rings (SSSR count). The van der Waals surface area contributed by atoms with E-state index in [1.54, 1.807) is 19.1 Å². The predicted octanol–water partition coefficient (Wildman–Crippen LogP) is 0.932. The Kier molecular flexibility index (Phi) is 4.19. The van der Waals surface area contributed by atoms with Crippen LogP contribution in [0, 0.1) is 0 Å². The fourth-order valence-electron chi connectivity index (χ4n) is 0.921. The topological polar surface area (TPSA) is 73.3 Å². The second-order valence-electron chi connectivity index (χ2n) is 2.77. The fourth-order valence-corrected chi connectivity index (χ4v) is 1.83. The molecule has 0 spiro atoms. The zero-order valence-electron chi connectivity index (χ0n) is 8.66. The third-order valence-electron chi connectivity index (χ3n) is 1.60. The first-order chi connectivity index (χ1) is 7.56. The van der Waals surface area contributed by atoms with Crippen molar-refractivity contribution in [1.29, 1.82) is 0 Å². The van der Waals surface area contributed by atoms with Crippen LogP contribution in [0.2, 0.25) is 0 Å². The Morgan fingerprint density at radius 1 is 1.50 bits per heavy atom. The third-order valence-corrected chi connectivity index (χ3v) is 2.92. The summed E-state index contributed by atoms with van der Waals surface area (Å²) in [5, 5.41) is 0.684. The Morgan fingerprint density at radius 2 is 2.25 bits per heavy atom. The van der Waals surface area contributed by atoms with Gasteiger partial charge in [-0.1, -0.05) is 6.07 Å². The van der Waals surface area contributed by atoms with Crippen molar-refractivity contribution in [3.05, 3.63) is 35.9 Å². The largest absolute Gasteiger partial charge is 0.463 e. The summed E-state index contributed by atoms with van der Waals surface area (Å²) in [6, 6.07) is 4.51. The molecule has 0 aliphatic rings. The van der Waals surface area contributed by atoms with Crippen molar-refractivity contribution in [1.82, 2.24) is 4.98 Å². The number of rotatable bonds is 4. The van der Waals surface area contributed by atoms with E-state index in [-0.39, 0.29) is 11.6 Å². The molecule has 1 aromatic heterocycles.